The summed E-state index contributed by atoms with van der Waals surface area (Å²) in [5.41, 5.74) is 2.91. The van der Waals surface area contributed by atoms with E-state index < -0.39 is 0 Å². The van der Waals surface area contributed by atoms with Gasteiger partial charge in [-0.15, -0.1) is 11.3 Å². The number of carbonyl (C=O) groups excluding carboxylic acids is 1. The van der Waals surface area contributed by atoms with E-state index in [1.54, 1.807) is 18.7 Å². The van der Waals surface area contributed by atoms with Crippen LogP contribution in [0.2, 0.25) is 0 Å². The van der Waals surface area contributed by atoms with Crippen LogP contribution in [0.3, 0.4) is 0 Å². The fourth-order valence-corrected chi connectivity index (χ4v) is 4.82. The molecular formula is C22H20N4O2S. The monoisotopic (exact) mass is 404 g/mol. The zero-order valence-electron chi connectivity index (χ0n) is 16.3. The molecule has 146 valence electrons. The Morgan fingerprint density at radius 3 is 2.69 bits per heavy atom. The fourth-order valence-electron chi connectivity index (χ4n) is 3.63. The first-order valence-electron chi connectivity index (χ1n) is 9.63. The third-order valence-corrected chi connectivity index (χ3v) is 6.43. The van der Waals surface area contributed by atoms with Crippen molar-refractivity contribution in [1.29, 1.82) is 0 Å². The number of hydrogen-bond donors (Lipinski definition) is 0. The number of aromatic nitrogens is 3. The standard InChI is InChI=1S/C22H20N4O2S/c1-13-18-14(2)24-20(17-4-3-11-28-17)25-21(18)29-19(13)22(27)26(16-5-6-16)12-15-7-9-23-10-8-15/h3-4,7-11,16H,5-6,12H2,1-2H3. The molecule has 6 nitrogen and oxygen atoms in total. The molecule has 0 spiro atoms. The van der Waals surface area contributed by atoms with E-state index in [0.717, 1.165) is 44.8 Å². The number of nitrogens with zero attached hydrogens (tertiary/aromatic N) is 4. The normalized spacial score (nSPS) is 13.7. The fraction of sp³-hybridized carbons (Fsp3) is 0.273. The lowest BCUT2D eigenvalue weighted by atomic mass is 10.1. The van der Waals surface area contributed by atoms with Gasteiger partial charge in [-0.05, 0) is 62.1 Å². The molecule has 0 aromatic carbocycles. The lowest BCUT2D eigenvalue weighted by molar-refractivity contribution is 0.0734. The minimum absolute atomic E-state index is 0.0729. The second kappa shape index (κ2) is 7.08. The summed E-state index contributed by atoms with van der Waals surface area (Å²) in [5.74, 6) is 1.26. The van der Waals surface area contributed by atoms with Crippen LogP contribution in [0.1, 0.15) is 39.3 Å². The maximum absolute atomic E-state index is 13.5. The van der Waals surface area contributed by atoms with Crippen LogP contribution in [-0.4, -0.2) is 31.8 Å². The first kappa shape index (κ1) is 18.0. The minimum Gasteiger partial charge on any atom is -0.461 e. The highest BCUT2D eigenvalue weighted by Crippen LogP contribution is 2.36. The summed E-state index contributed by atoms with van der Waals surface area (Å²) >= 11 is 1.45. The van der Waals surface area contributed by atoms with Crippen LogP contribution in [-0.2, 0) is 6.54 Å². The van der Waals surface area contributed by atoms with Gasteiger partial charge in [-0.1, -0.05) is 0 Å². The van der Waals surface area contributed by atoms with E-state index in [2.05, 4.69) is 15.0 Å². The zero-order chi connectivity index (χ0) is 20.0. The van der Waals surface area contributed by atoms with E-state index in [-0.39, 0.29) is 5.91 Å². The van der Waals surface area contributed by atoms with Crippen LogP contribution in [0.4, 0.5) is 0 Å². The molecule has 29 heavy (non-hydrogen) atoms. The Balaban J connectivity index is 1.54. The molecule has 4 heterocycles. The van der Waals surface area contributed by atoms with Crippen LogP contribution in [0, 0.1) is 13.8 Å². The largest absolute Gasteiger partial charge is 0.461 e. The number of fused-ring (bicyclic) bond motifs is 1. The molecule has 5 rings (SSSR count). The Bertz CT molecular complexity index is 1180. The molecule has 0 aliphatic heterocycles. The van der Waals surface area contributed by atoms with Crippen molar-refractivity contribution in [3.8, 4) is 11.6 Å². The molecule has 0 N–H and O–H groups in total. The molecule has 7 heteroatoms. The number of hydrogen-bond acceptors (Lipinski definition) is 6. The van der Waals surface area contributed by atoms with Crippen molar-refractivity contribution in [2.24, 2.45) is 0 Å². The molecule has 0 radical (unpaired) electrons. The highest BCUT2D eigenvalue weighted by Gasteiger charge is 2.35. The molecule has 1 saturated carbocycles. The average molecular weight is 404 g/mol. The highest BCUT2D eigenvalue weighted by atomic mass is 32.1. The number of amides is 1. The van der Waals surface area contributed by atoms with Gasteiger partial charge in [-0.25, -0.2) is 9.97 Å². The lowest BCUT2D eigenvalue weighted by Gasteiger charge is -2.22. The lowest BCUT2D eigenvalue weighted by Crippen LogP contribution is -2.32. The van der Waals surface area contributed by atoms with Crippen molar-refractivity contribution in [3.05, 3.63) is 64.6 Å². The van der Waals surface area contributed by atoms with Crippen LogP contribution < -0.4 is 0 Å². The Labute approximate surface area is 172 Å². The number of aryl methyl sites for hydroxylation is 2. The summed E-state index contributed by atoms with van der Waals surface area (Å²) < 4.78 is 5.45. The van der Waals surface area contributed by atoms with E-state index in [4.69, 9.17) is 4.42 Å². The molecule has 4 aromatic rings. The van der Waals surface area contributed by atoms with Crippen molar-refractivity contribution in [2.45, 2.75) is 39.3 Å². The van der Waals surface area contributed by atoms with E-state index in [0.29, 0.717) is 24.2 Å². The summed E-state index contributed by atoms with van der Waals surface area (Å²) in [6, 6.07) is 7.90. The van der Waals surface area contributed by atoms with Gasteiger partial charge in [-0.2, -0.15) is 0 Å². The van der Waals surface area contributed by atoms with E-state index in [1.807, 2.05) is 43.0 Å². The summed E-state index contributed by atoms with van der Waals surface area (Å²) in [7, 11) is 0. The van der Waals surface area contributed by atoms with Gasteiger partial charge in [0.25, 0.3) is 5.91 Å². The molecule has 1 fully saturated rings. The molecule has 4 aromatic heterocycles. The van der Waals surface area contributed by atoms with E-state index in [9.17, 15) is 4.79 Å². The Kier molecular flexibility index (Phi) is 4.39. The highest BCUT2D eigenvalue weighted by molar-refractivity contribution is 7.20. The van der Waals surface area contributed by atoms with E-state index >= 15 is 0 Å². The zero-order valence-corrected chi connectivity index (χ0v) is 17.1. The summed E-state index contributed by atoms with van der Waals surface area (Å²) in [4.78, 5) is 30.4. The number of rotatable bonds is 5. The van der Waals surface area contributed by atoms with E-state index in [1.165, 1.54) is 11.3 Å². The minimum atomic E-state index is 0.0729. The van der Waals surface area contributed by atoms with Crippen LogP contribution in [0.15, 0.2) is 47.3 Å². The smallest absolute Gasteiger partial charge is 0.264 e. The van der Waals surface area contributed by atoms with Gasteiger partial charge in [0.1, 0.15) is 4.83 Å². The average Bonchev–Trinajstić information content (AvgIpc) is 3.29. The number of pyridine rings is 1. The number of carbonyl (C=O) groups is 1. The summed E-state index contributed by atoms with van der Waals surface area (Å²) in [6.45, 7) is 4.55. The van der Waals surface area contributed by atoms with Crippen molar-refractivity contribution in [1.82, 2.24) is 19.9 Å². The molecule has 1 aliphatic rings. The molecule has 1 amide bonds. The molecular weight excluding hydrogens is 384 g/mol. The maximum Gasteiger partial charge on any atom is 0.264 e. The predicted octanol–water partition coefficient (Wildman–Crippen LogP) is 4.77. The number of furan rings is 1. The Morgan fingerprint density at radius 2 is 2.00 bits per heavy atom. The predicted molar refractivity (Wildman–Crippen MR) is 112 cm³/mol. The third-order valence-electron chi connectivity index (χ3n) is 5.26. The first-order chi connectivity index (χ1) is 14.1. The van der Waals surface area contributed by atoms with Gasteiger partial charge in [0.05, 0.1) is 16.8 Å². The van der Waals surface area contributed by atoms with Crippen LogP contribution >= 0.6 is 11.3 Å². The SMILES string of the molecule is Cc1nc(-c2ccco2)nc2sc(C(=O)N(Cc3ccncc3)C3CC3)c(C)c12. The molecule has 0 atom stereocenters. The first-order valence-corrected chi connectivity index (χ1v) is 10.4. The maximum atomic E-state index is 13.5. The van der Waals surface area contributed by atoms with Crippen molar-refractivity contribution >= 4 is 27.5 Å². The number of thiophene rings is 1. The van der Waals surface area contributed by atoms with Crippen molar-refractivity contribution in [3.63, 3.8) is 0 Å². The molecule has 0 bridgehead atoms. The van der Waals surface area contributed by atoms with Gasteiger partial charge in [0.15, 0.2) is 11.6 Å². The van der Waals surface area contributed by atoms with Crippen molar-refractivity contribution in [2.75, 3.05) is 0 Å². The quantitative estimate of drug-likeness (QED) is 0.479. The van der Waals surface area contributed by atoms with Gasteiger partial charge >= 0.3 is 0 Å². The summed E-state index contributed by atoms with van der Waals surface area (Å²) in [5, 5.41) is 0.966. The van der Waals surface area contributed by atoms with Gasteiger partial charge < -0.3 is 9.32 Å². The van der Waals surface area contributed by atoms with Crippen LogP contribution in [0.5, 0.6) is 0 Å². The van der Waals surface area contributed by atoms with Gasteiger partial charge in [0, 0.05) is 30.4 Å². The van der Waals surface area contributed by atoms with Crippen LogP contribution in [0.25, 0.3) is 21.8 Å². The van der Waals surface area contributed by atoms with Gasteiger partial charge in [-0.3, -0.25) is 9.78 Å². The Morgan fingerprint density at radius 1 is 1.21 bits per heavy atom. The summed E-state index contributed by atoms with van der Waals surface area (Å²) in [6.07, 6.45) is 7.26. The topological polar surface area (TPSA) is 72.1 Å². The Hall–Kier alpha value is -3.06. The molecule has 1 aliphatic carbocycles. The molecule has 0 unspecified atom stereocenters. The second-order valence-corrected chi connectivity index (χ2v) is 8.37. The second-order valence-electron chi connectivity index (χ2n) is 7.37. The third kappa shape index (κ3) is 3.31. The molecule has 0 saturated heterocycles. The van der Waals surface area contributed by atoms with Gasteiger partial charge in [0.2, 0.25) is 0 Å². The van der Waals surface area contributed by atoms with Crippen molar-refractivity contribution < 1.29 is 9.21 Å².